The van der Waals surface area contributed by atoms with Gasteiger partial charge in [0, 0.05) is 12.6 Å². The summed E-state index contributed by atoms with van der Waals surface area (Å²) < 4.78 is 5.60. The van der Waals surface area contributed by atoms with Gasteiger partial charge in [0.15, 0.2) is 0 Å². The van der Waals surface area contributed by atoms with Crippen LogP contribution in [-0.4, -0.2) is 25.8 Å². The molecule has 2 heteroatoms. The zero-order valence-electron chi connectivity index (χ0n) is 9.60. The van der Waals surface area contributed by atoms with Gasteiger partial charge in [0.2, 0.25) is 0 Å². The summed E-state index contributed by atoms with van der Waals surface area (Å²) in [7, 11) is 2.03. The Bertz CT molecular complexity index is 102. The van der Waals surface area contributed by atoms with Gasteiger partial charge in [-0.05, 0) is 39.7 Å². The number of hydrogen-bond donors (Lipinski definition) is 1. The van der Waals surface area contributed by atoms with E-state index < -0.39 is 0 Å². The molecule has 0 aliphatic carbocycles. The Balaban J connectivity index is 3.23. The summed E-state index contributed by atoms with van der Waals surface area (Å²) in [6, 6.07) is 0.667. The number of ether oxygens (including phenoxy) is 1. The van der Waals surface area contributed by atoms with Gasteiger partial charge in [-0.3, -0.25) is 0 Å². The molecule has 0 aliphatic rings. The van der Waals surface area contributed by atoms with Crippen molar-refractivity contribution < 1.29 is 4.74 Å². The predicted molar refractivity (Wildman–Crippen MR) is 58.1 cm³/mol. The molecule has 0 aromatic rings. The number of rotatable bonds is 8. The fourth-order valence-corrected chi connectivity index (χ4v) is 1.28. The summed E-state index contributed by atoms with van der Waals surface area (Å²) in [5.41, 5.74) is 0. The molecule has 0 saturated carbocycles. The Labute approximate surface area is 83.1 Å². The predicted octanol–water partition coefficient (Wildman–Crippen LogP) is 2.58. The third kappa shape index (κ3) is 7.03. The summed E-state index contributed by atoms with van der Waals surface area (Å²) in [6.07, 6.45) is 5.14. The highest BCUT2D eigenvalue weighted by atomic mass is 16.5. The van der Waals surface area contributed by atoms with Crippen LogP contribution in [0, 0.1) is 0 Å². The molecule has 0 aliphatic heterocycles. The SMILES string of the molecule is CCC(CCCOC(C)CC)NC. The van der Waals surface area contributed by atoms with Gasteiger partial charge in [-0.15, -0.1) is 0 Å². The molecule has 0 amide bonds. The van der Waals surface area contributed by atoms with Crippen molar-refractivity contribution in [1.29, 1.82) is 0 Å². The standard InChI is InChI=1S/C11H25NO/c1-5-10(3)13-9-7-8-11(6-2)12-4/h10-12H,5-9H2,1-4H3. The molecule has 0 fully saturated rings. The normalized spacial score (nSPS) is 15.7. The lowest BCUT2D eigenvalue weighted by molar-refractivity contribution is 0.0598. The van der Waals surface area contributed by atoms with Crippen LogP contribution in [0.25, 0.3) is 0 Å². The summed E-state index contributed by atoms with van der Waals surface area (Å²) in [4.78, 5) is 0. The van der Waals surface area contributed by atoms with Crippen LogP contribution in [0.1, 0.15) is 46.5 Å². The van der Waals surface area contributed by atoms with Crippen molar-refractivity contribution in [2.24, 2.45) is 0 Å². The Morgan fingerprint density at radius 2 is 1.92 bits per heavy atom. The lowest BCUT2D eigenvalue weighted by atomic mass is 10.1. The van der Waals surface area contributed by atoms with Crippen molar-refractivity contribution in [2.75, 3.05) is 13.7 Å². The van der Waals surface area contributed by atoms with Crippen LogP contribution in [0.4, 0.5) is 0 Å². The van der Waals surface area contributed by atoms with E-state index in [0.29, 0.717) is 12.1 Å². The second-order valence-corrected chi connectivity index (χ2v) is 3.63. The first-order valence-electron chi connectivity index (χ1n) is 5.53. The quantitative estimate of drug-likeness (QED) is 0.590. The van der Waals surface area contributed by atoms with Crippen molar-refractivity contribution in [1.82, 2.24) is 5.32 Å². The fraction of sp³-hybridized carbons (Fsp3) is 1.00. The summed E-state index contributed by atoms with van der Waals surface area (Å²) in [6.45, 7) is 7.42. The Morgan fingerprint density at radius 1 is 1.23 bits per heavy atom. The molecule has 0 aromatic heterocycles. The molecular formula is C11H25NO. The van der Waals surface area contributed by atoms with Crippen LogP contribution in [0.3, 0.4) is 0 Å². The van der Waals surface area contributed by atoms with Gasteiger partial charge >= 0.3 is 0 Å². The van der Waals surface area contributed by atoms with Crippen LogP contribution in [0.5, 0.6) is 0 Å². The van der Waals surface area contributed by atoms with Crippen molar-refractivity contribution in [3.05, 3.63) is 0 Å². The van der Waals surface area contributed by atoms with E-state index in [2.05, 4.69) is 26.1 Å². The molecule has 1 N–H and O–H groups in total. The van der Waals surface area contributed by atoms with Gasteiger partial charge in [0.1, 0.15) is 0 Å². The van der Waals surface area contributed by atoms with Gasteiger partial charge in [0.25, 0.3) is 0 Å². The molecule has 0 saturated heterocycles. The van der Waals surface area contributed by atoms with Gasteiger partial charge in [-0.2, -0.15) is 0 Å². The number of nitrogens with one attached hydrogen (secondary N) is 1. The first kappa shape index (κ1) is 12.9. The first-order valence-corrected chi connectivity index (χ1v) is 5.53. The maximum absolute atomic E-state index is 5.60. The average Bonchev–Trinajstić information content (AvgIpc) is 2.18. The van der Waals surface area contributed by atoms with E-state index in [0.717, 1.165) is 13.0 Å². The molecule has 0 heterocycles. The van der Waals surface area contributed by atoms with Gasteiger partial charge in [0.05, 0.1) is 6.10 Å². The molecule has 0 aromatic carbocycles. The second-order valence-electron chi connectivity index (χ2n) is 3.63. The molecule has 80 valence electrons. The zero-order chi connectivity index (χ0) is 10.1. The Hall–Kier alpha value is -0.0800. The van der Waals surface area contributed by atoms with Crippen LogP contribution in [0.15, 0.2) is 0 Å². The topological polar surface area (TPSA) is 21.3 Å². The monoisotopic (exact) mass is 187 g/mol. The van der Waals surface area contributed by atoms with E-state index in [1.165, 1.54) is 19.3 Å². The van der Waals surface area contributed by atoms with Crippen LogP contribution >= 0.6 is 0 Å². The van der Waals surface area contributed by atoms with Gasteiger partial charge < -0.3 is 10.1 Å². The Morgan fingerprint density at radius 3 is 2.38 bits per heavy atom. The van der Waals surface area contributed by atoms with Gasteiger partial charge in [-0.1, -0.05) is 13.8 Å². The average molecular weight is 187 g/mol. The maximum Gasteiger partial charge on any atom is 0.0544 e. The van der Waals surface area contributed by atoms with E-state index in [-0.39, 0.29) is 0 Å². The second kappa shape index (κ2) is 8.52. The molecule has 2 unspecified atom stereocenters. The van der Waals surface area contributed by atoms with E-state index >= 15 is 0 Å². The molecular weight excluding hydrogens is 162 g/mol. The van der Waals surface area contributed by atoms with Crippen LogP contribution in [-0.2, 0) is 4.74 Å². The van der Waals surface area contributed by atoms with Crippen LogP contribution < -0.4 is 5.32 Å². The van der Waals surface area contributed by atoms with E-state index in [9.17, 15) is 0 Å². The lowest BCUT2D eigenvalue weighted by Gasteiger charge is -2.14. The number of hydrogen-bond acceptors (Lipinski definition) is 2. The van der Waals surface area contributed by atoms with E-state index in [4.69, 9.17) is 4.74 Å². The molecule has 2 atom stereocenters. The van der Waals surface area contributed by atoms with Crippen molar-refractivity contribution >= 4 is 0 Å². The Kier molecular flexibility index (Phi) is 8.46. The lowest BCUT2D eigenvalue weighted by Crippen LogP contribution is -2.24. The zero-order valence-corrected chi connectivity index (χ0v) is 9.60. The minimum Gasteiger partial charge on any atom is -0.379 e. The summed E-state index contributed by atoms with van der Waals surface area (Å²) >= 11 is 0. The third-order valence-corrected chi connectivity index (χ3v) is 2.58. The highest BCUT2D eigenvalue weighted by Crippen LogP contribution is 2.03. The molecule has 2 nitrogen and oxygen atoms in total. The first-order chi connectivity index (χ1) is 6.24. The molecule has 0 rings (SSSR count). The van der Waals surface area contributed by atoms with E-state index in [1.54, 1.807) is 0 Å². The molecule has 0 spiro atoms. The fourth-order valence-electron chi connectivity index (χ4n) is 1.28. The summed E-state index contributed by atoms with van der Waals surface area (Å²) in [5.74, 6) is 0. The molecule has 0 radical (unpaired) electrons. The minimum absolute atomic E-state index is 0.426. The van der Waals surface area contributed by atoms with Crippen molar-refractivity contribution in [3.8, 4) is 0 Å². The highest BCUT2D eigenvalue weighted by Gasteiger charge is 2.03. The van der Waals surface area contributed by atoms with Crippen molar-refractivity contribution in [3.63, 3.8) is 0 Å². The summed E-state index contributed by atoms with van der Waals surface area (Å²) in [5, 5.41) is 3.30. The maximum atomic E-state index is 5.60. The largest absolute Gasteiger partial charge is 0.379 e. The molecule has 13 heavy (non-hydrogen) atoms. The van der Waals surface area contributed by atoms with Gasteiger partial charge in [-0.25, -0.2) is 0 Å². The van der Waals surface area contributed by atoms with E-state index in [1.807, 2.05) is 7.05 Å². The third-order valence-electron chi connectivity index (χ3n) is 2.58. The van der Waals surface area contributed by atoms with Crippen molar-refractivity contribution in [2.45, 2.75) is 58.6 Å². The molecule has 0 bridgehead atoms. The highest BCUT2D eigenvalue weighted by molar-refractivity contribution is 4.61. The minimum atomic E-state index is 0.426. The van der Waals surface area contributed by atoms with Crippen LogP contribution in [0.2, 0.25) is 0 Å². The smallest absolute Gasteiger partial charge is 0.0544 e.